The van der Waals surface area contributed by atoms with E-state index in [-0.39, 0.29) is 11.9 Å². The fourth-order valence-corrected chi connectivity index (χ4v) is 3.39. The molecule has 1 atom stereocenters. The van der Waals surface area contributed by atoms with Crippen LogP contribution in [0.15, 0.2) is 16.7 Å². The van der Waals surface area contributed by atoms with E-state index in [1.165, 1.54) is 32.1 Å². The first kappa shape index (κ1) is 16.2. The lowest BCUT2D eigenvalue weighted by Gasteiger charge is -2.30. The number of pyridine rings is 1. The van der Waals surface area contributed by atoms with Crippen LogP contribution in [0, 0.1) is 5.92 Å². The molecule has 1 amide bonds. The quantitative estimate of drug-likeness (QED) is 0.560. The van der Waals surface area contributed by atoms with Crippen molar-refractivity contribution in [3.63, 3.8) is 0 Å². The maximum atomic E-state index is 12.5. The predicted molar refractivity (Wildman–Crippen MR) is 87.9 cm³/mol. The van der Waals surface area contributed by atoms with Gasteiger partial charge in [0.25, 0.3) is 5.91 Å². The smallest absolute Gasteiger partial charge is 0.255 e. The summed E-state index contributed by atoms with van der Waals surface area (Å²) in [6.07, 6.45) is 8.83. The minimum Gasteiger partial charge on any atom is -0.349 e. The third kappa shape index (κ3) is 4.17. The van der Waals surface area contributed by atoms with Crippen LogP contribution < -0.4 is 16.6 Å². The van der Waals surface area contributed by atoms with Gasteiger partial charge in [-0.2, -0.15) is 0 Å². The van der Waals surface area contributed by atoms with Crippen molar-refractivity contribution in [3.8, 4) is 0 Å². The van der Waals surface area contributed by atoms with Gasteiger partial charge in [0.15, 0.2) is 5.82 Å². The predicted octanol–water partition coefficient (Wildman–Crippen LogP) is 3.22. The Morgan fingerprint density at radius 2 is 2.19 bits per heavy atom. The van der Waals surface area contributed by atoms with Gasteiger partial charge in [-0.1, -0.05) is 26.2 Å². The topological polar surface area (TPSA) is 80.0 Å². The van der Waals surface area contributed by atoms with Gasteiger partial charge in [-0.05, 0) is 47.2 Å². The molecule has 5 nitrogen and oxygen atoms in total. The minimum atomic E-state index is -0.117. The number of hydrogen-bond donors (Lipinski definition) is 3. The number of hydrazine groups is 1. The van der Waals surface area contributed by atoms with Crippen LogP contribution in [0.4, 0.5) is 5.82 Å². The molecule has 6 heteroatoms. The molecule has 1 aliphatic rings. The van der Waals surface area contributed by atoms with Gasteiger partial charge in [0.2, 0.25) is 0 Å². The normalized spacial score (nSPS) is 17.3. The Morgan fingerprint density at radius 3 is 2.81 bits per heavy atom. The van der Waals surface area contributed by atoms with E-state index in [1.807, 2.05) is 0 Å². The number of nitrogen functional groups attached to an aromatic ring is 1. The lowest BCUT2D eigenvalue weighted by atomic mass is 9.83. The van der Waals surface area contributed by atoms with Crippen LogP contribution in [0.5, 0.6) is 0 Å². The Labute approximate surface area is 134 Å². The highest BCUT2D eigenvalue weighted by Crippen LogP contribution is 2.28. The first-order valence-corrected chi connectivity index (χ1v) is 8.38. The molecular formula is C15H23BrN4O. The zero-order chi connectivity index (χ0) is 15.2. The van der Waals surface area contributed by atoms with Crippen molar-refractivity contribution >= 4 is 27.7 Å². The monoisotopic (exact) mass is 354 g/mol. The van der Waals surface area contributed by atoms with Crippen LogP contribution in [0.25, 0.3) is 0 Å². The molecule has 4 N–H and O–H groups in total. The number of nitrogens with two attached hydrogens (primary N) is 1. The highest BCUT2D eigenvalue weighted by atomic mass is 79.9. The van der Waals surface area contributed by atoms with Gasteiger partial charge < -0.3 is 10.7 Å². The summed E-state index contributed by atoms with van der Waals surface area (Å²) in [5, 5.41) is 3.16. The fraction of sp³-hybridized carbons (Fsp3) is 0.600. The lowest BCUT2D eigenvalue weighted by molar-refractivity contribution is 0.0911. The zero-order valence-corrected chi connectivity index (χ0v) is 13.9. The molecule has 1 fully saturated rings. The van der Waals surface area contributed by atoms with E-state index in [0.29, 0.717) is 17.3 Å². The number of aromatic nitrogens is 1. The molecule has 0 spiro atoms. The molecule has 0 radical (unpaired) electrons. The summed E-state index contributed by atoms with van der Waals surface area (Å²) >= 11 is 3.34. The van der Waals surface area contributed by atoms with E-state index >= 15 is 0 Å². The van der Waals surface area contributed by atoms with E-state index in [1.54, 1.807) is 12.3 Å². The van der Waals surface area contributed by atoms with Crippen LogP contribution in [0.2, 0.25) is 0 Å². The number of rotatable bonds is 5. The molecule has 116 valence electrons. The minimum absolute atomic E-state index is 0.117. The third-order valence-electron chi connectivity index (χ3n) is 4.21. The zero-order valence-electron chi connectivity index (χ0n) is 12.4. The largest absolute Gasteiger partial charge is 0.349 e. The van der Waals surface area contributed by atoms with Crippen molar-refractivity contribution in [2.45, 2.75) is 51.5 Å². The Bertz CT molecular complexity index is 489. The average Bonchev–Trinajstić information content (AvgIpc) is 2.53. The van der Waals surface area contributed by atoms with Gasteiger partial charge >= 0.3 is 0 Å². The summed E-state index contributed by atoms with van der Waals surface area (Å²) in [5.74, 6) is 6.30. The number of nitrogens with one attached hydrogen (secondary N) is 2. The summed E-state index contributed by atoms with van der Waals surface area (Å²) in [5.41, 5.74) is 2.95. The van der Waals surface area contributed by atoms with Gasteiger partial charge in [-0.15, -0.1) is 0 Å². The van der Waals surface area contributed by atoms with Crippen LogP contribution in [-0.4, -0.2) is 16.9 Å². The molecule has 0 bridgehead atoms. The molecular weight excluding hydrogens is 332 g/mol. The van der Waals surface area contributed by atoms with E-state index in [9.17, 15) is 4.79 Å². The molecule has 21 heavy (non-hydrogen) atoms. The van der Waals surface area contributed by atoms with E-state index in [0.717, 1.165) is 10.9 Å². The van der Waals surface area contributed by atoms with E-state index < -0.39 is 0 Å². The molecule has 1 saturated carbocycles. The van der Waals surface area contributed by atoms with Crippen LogP contribution in [-0.2, 0) is 0 Å². The standard InChI is InChI=1S/C15H23BrN4O/c1-2-13(10-6-4-3-5-7-10)19-15(21)12-8-11(16)9-18-14(12)20-17/h8-10,13H,2-7,17H2,1H3,(H,18,20)(H,19,21). The van der Waals surface area contributed by atoms with E-state index in [4.69, 9.17) is 5.84 Å². The molecule has 2 rings (SSSR count). The molecule has 1 aromatic rings. The Kier molecular flexibility index (Phi) is 5.99. The Balaban J connectivity index is 2.10. The summed E-state index contributed by atoms with van der Waals surface area (Å²) < 4.78 is 0.761. The molecule has 0 saturated heterocycles. The molecule has 0 aliphatic heterocycles. The second-order valence-electron chi connectivity index (χ2n) is 5.58. The maximum Gasteiger partial charge on any atom is 0.255 e. The summed E-state index contributed by atoms with van der Waals surface area (Å²) in [6, 6.07) is 1.97. The van der Waals surface area contributed by atoms with Crippen LogP contribution in [0.3, 0.4) is 0 Å². The molecule has 1 aliphatic carbocycles. The molecule has 1 heterocycles. The van der Waals surface area contributed by atoms with Gasteiger partial charge in [0, 0.05) is 16.7 Å². The highest BCUT2D eigenvalue weighted by molar-refractivity contribution is 9.10. The van der Waals surface area contributed by atoms with Crippen LogP contribution >= 0.6 is 15.9 Å². The summed E-state index contributed by atoms with van der Waals surface area (Å²) in [4.78, 5) is 16.6. The molecule has 1 aromatic heterocycles. The Hall–Kier alpha value is -1.14. The van der Waals surface area contributed by atoms with Crippen molar-refractivity contribution in [2.75, 3.05) is 5.43 Å². The maximum absolute atomic E-state index is 12.5. The van der Waals surface area contributed by atoms with Crippen molar-refractivity contribution < 1.29 is 4.79 Å². The second kappa shape index (κ2) is 7.75. The molecule has 0 aromatic carbocycles. The second-order valence-corrected chi connectivity index (χ2v) is 6.50. The first-order chi connectivity index (χ1) is 10.2. The van der Waals surface area contributed by atoms with Crippen molar-refractivity contribution in [2.24, 2.45) is 11.8 Å². The van der Waals surface area contributed by atoms with Crippen molar-refractivity contribution in [3.05, 3.63) is 22.3 Å². The van der Waals surface area contributed by atoms with Gasteiger partial charge in [0.05, 0.1) is 5.56 Å². The number of amides is 1. The third-order valence-corrected chi connectivity index (χ3v) is 4.64. The highest BCUT2D eigenvalue weighted by Gasteiger charge is 2.25. The lowest BCUT2D eigenvalue weighted by Crippen LogP contribution is -2.41. The average molecular weight is 355 g/mol. The van der Waals surface area contributed by atoms with E-state index in [2.05, 4.69) is 38.6 Å². The number of hydrogen-bond acceptors (Lipinski definition) is 4. The van der Waals surface area contributed by atoms with Crippen molar-refractivity contribution in [1.29, 1.82) is 0 Å². The van der Waals surface area contributed by atoms with Gasteiger partial charge in [-0.25, -0.2) is 10.8 Å². The van der Waals surface area contributed by atoms with Gasteiger partial charge in [0.1, 0.15) is 0 Å². The first-order valence-electron chi connectivity index (χ1n) is 7.58. The number of anilines is 1. The number of carbonyl (C=O) groups is 1. The molecule has 1 unspecified atom stereocenters. The van der Waals surface area contributed by atoms with Crippen molar-refractivity contribution in [1.82, 2.24) is 10.3 Å². The number of halogens is 1. The summed E-state index contributed by atoms with van der Waals surface area (Å²) in [7, 11) is 0. The van der Waals surface area contributed by atoms with Crippen LogP contribution in [0.1, 0.15) is 55.8 Å². The fourth-order valence-electron chi connectivity index (χ4n) is 3.06. The number of carbonyl (C=O) groups excluding carboxylic acids is 1. The number of nitrogens with zero attached hydrogens (tertiary/aromatic N) is 1. The summed E-state index contributed by atoms with van der Waals surface area (Å²) in [6.45, 7) is 2.13. The van der Waals surface area contributed by atoms with Gasteiger partial charge in [-0.3, -0.25) is 4.79 Å². The Morgan fingerprint density at radius 1 is 1.48 bits per heavy atom. The SMILES string of the molecule is CCC(NC(=O)c1cc(Br)cnc1NN)C1CCCCC1.